The van der Waals surface area contributed by atoms with Crippen molar-refractivity contribution in [3.8, 4) is 5.75 Å². The summed E-state index contributed by atoms with van der Waals surface area (Å²) in [6.07, 6.45) is 0. The summed E-state index contributed by atoms with van der Waals surface area (Å²) in [5, 5.41) is 1.54. The van der Waals surface area contributed by atoms with Crippen molar-refractivity contribution in [2.75, 3.05) is 7.11 Å². The summed E-state index contributed by atoms with van der Waals surface area (Å²) in [7, 11) is -0.0421. The van der Waals surface area contributed by atoms with Gasteiger partial charge >= 0.3 is 0 Å². The van der Waals surface area contributed by atoms with Crippen LogP contribution in [-0.4, -0.2) is 15.2 Å². The first-order valence-corrected chi connectivity index (χ1v) is 14.2. The smallest absolute Gasteiger partial charge is 0.121 e. The monoisotopic (exact) mass is 426 g/mol. The van der Waals surface area contributed by atoms with Crippen LogP contribution >= 0.6 is 0 Å². The van der Waals surface area contributed by atoms with Gasteiger partial charge in [0.25, 0.3) is 0 Å². The van der Waals surface area contributed by atoms with Crippen LogP contribution in [0.3, 0.4) is 0 Å². The minimum absolute atomic E-state index is 0.0419. The molecule has 0 aromatic heterocycles. The van der Waals surface area contributed by atoms with Crippen LogP contribution < -0.4 is 9.92 Å². The van der Waals surface area contributed by atoms with Crippen molar-refractivity contribution in [1.29, 1.82) is 0 Å². The van der Waals surface area contributed by atoms with E-state index in [1.165, 1.54) is 34.4 Å². The van der Waals surface area contributed by atoms with Crippen molar-refractivity contribution in [2.45, 2.75) is 112 Å². The summed E-state index contributed by atoms with van der Waals surface area (Å²) in [5.41, 5.74) is 9.75. The Morgan fingerprint density at radius 1 is 0.800 bits per heavy atom. The number of rotatable bonds is 5. The first-order chi connectivity index (χ1) is 13.7. The van der Waals surface area contributed by atoms with E-state index in [2.05, 4.69) is 95.2 Å². The number of allylic oxidation sites excluding steroid dienone is 4. The number of ether oxygens (including phenoxy) is 1. The highest BCUT2D eigenvalue weighted by Gasteiger charge is 2.47. The van der Waals surface area contributed by atoms with Gasteiger partial charge in [-0.1, -0.05) is 90.8 Å². The molecule has 0 spiro atoms. The van der Waals surface area contributed by atoms with Gasteiger partial charge in [-0.3, -0.25) is 0 Å². The molecule has 0 atom stereocenters. The zero-order chi connectivity index (χ0) is 23.2. The van der Waals surface area contributed by atoms with Crippen molar-refractivity contribution in [2.24, 2.45) is 0 Å². The standard InChI is InChI=1S/C28H46OSi/c1-14-30(15-2,26-20(5)18(3)19(4)21(26)6)24-17-22(27(7,8)9)16-23(25(24)29-13)28(10,11)12/h16-17,26H,14-15H2,1-13H3. The summed E-state index contributed by atoms with van der Waals surface area (Å²) < 4.78 is 6.27. The number of methoxy groups -OCH3 is 1. The SMILES string of the molecule is CC[Si](CC)(c1cc(C(C)(C)C)cc(C(C)(C)C)c1OC)C1C(C)=C(C)C(C)=C1C. The molecule has 1 aromatic rings. The molecule has 0 bridgehead atoms. The van der Waals surface area contributed by atoms with Crippen molar-refractivity contribution < 1.29 is 4.74 Å². The fraction of sp³-hybridized carbons (Fsp3) is 0.643. The van der Waals surface area contributed by atoms with Crippen LogP contribution in [0.5, 0.6) is 5.75 Å². The fourth-order valence-corrected chi connectivity index (χ4v) is 11.2. The lowest BCUT2D eigenvalue weighted by Crippen LogP contribution is -2.52. The van der Waals surface area contributed by atoms with Gasteiger partial charge in [-0.05, 0) is 66.0 Å². The topological polar surface area (TPSA) is 9.23 Å². The van der Waals surface area contributed by atoms with Gasteiger partial charge in [-0.2, -0.15) is 0 Å². The van der Waals surface area contributed by atoms with E-state index in [0.717, 1.165) is 5.75 Å². The van der Waals surface area contributed by atoms with E-state index in [4.69, 9.17) is 4.74 Å². The quantitative estimate of drug-likeness (QED) is 0.433. The van der Waals surface area contributed by atoms with Crippen LogP contribution in [-0.2, 0) is 10.8 Å². The molecule has 1 aliphatic rings. The highest BCUT2D eigenvalue weighted by atomic mass is 28.3. The number of hydrogen-bond donors (Lipinski definition) is 0. The average Bonchev–Trinajstić information content (AvgIpc) is 2.85. The molecule has 0 fully saturated rings. The molecule has 0 aliphatic heterocycles. The predicted molar refractivity (Wildman–Crippen MR) is 137 cm³/mol. The van der Waals surface area contributed by atoms with Gasteiger partial charge < -0.3 is 4.74 Å². The van der Waals surface area contributed by atoms with Gasteiger partial charge in [-0.15, -0.1) is 0 Å². The Bertz CT molecular complexity index is 843. The lowest BCUT2D eigenvalue weighted by atomic mass is 9.80. The Labute approximate surface area is 188 Å². The first-order valence-electron chi connectivity index (χ1n) is 11.8. The van der Waals surface area contributed by atoms with E-state index >= 15 is 0 Å². The predicted octanol–water partition coefficient (Wildman–Crippen LogP) is 8.04. The van der Waals surface area contributed by atoms with E-state index in [1.54, 1.807) is 16.3 Å². The first kappa shape index (κ1) is 25.0. The van der Waals surface area contributed by atoms with Gasteiger partial charge in [0, 0.05) is 5.54 Å². The van der Waals surface area contributed by atoms with Crippen molar-refractivity contribution in [1.82, 2.24) is 0 Å². The van der Waals surface area contributed by atoms with Gasteiger partial charge in [-0.25, -0.2) is 0 Å². The maximum Gasteiger partial charge on any atom is 0.121 e. The Morgan fingerprint density at radius 3 is 1.60 bits per heavy atom. The lowest BCUT2D eigenvalue weighted by Gasteiger charge is -2.41. The summed E-state index contributed by atoms with van der Waals surface area (Å²) >= 11 is 0. The molecule has 168 valence electrons. The van der Waals surface area contributed by atoms with Gasteiger partial charge in [0.05, 0.1) is 7.11 Å². The Kier molecular flexibility index (Phi) is 6.94. The third-order valence-corrected chi connectivity index (χ3v) is 13.9. The summed E-state index contributed by atoms with van der Waals surface area (Å²) in [4.78, 5) is 0. The molecule has 2 heteroatoms. The molecular formula is C28H46OSi. The second kappa shape index (κ2) is 8.34. The maximum atomic E-state index is 6.27. The third kappa shape index (κ3) is 3.97. The largest absolute Gasteiger partial charge is 0.497 e. The normalized spacial score (nSPS) is 16.7. The molecule has 1 aliphatic carbocycles. The minimum Gasteiger partial charge on any atom is -0.497 e. The highest BCUT2D eigenvalue weighted by molar-refractivity contribution is 6.94. The second-order valence-corrected chi connectivity index (χ2v) is 16.4. The van der Waals surface area contributed by atoms with Crippen LogP contribution in [0.15, 0.2) is 34.4 Å². The van der Waals surface area contributed by atoms with E-state index in [9.17, 15) is 0 Å². The van der Waals surface area contributed by atoms with E-state index in [-0.39, 0.29) is 10.8 Å². The molecule has 0 saturated heterocycles. The van der Waals surface area contributed by atoms with Crippen molar-refractivity contribution in [3.63, 3.8) is 0 Å². The summed E-state index contributed by atoms with van der Waals surface area (Å²) in [6.45, 7) is 28.3. The molecule has 0 amide bonds. The zero-order valence-electron chi connectivity index (χ0n) is 22.1. The molecule has 1 nitrogen and oxygen atoms in total. The van der Waals surface area contributed by atoms with Gasteiger partial charge in [0.15, 0.2) is 0 Å². The van der Waals surface area contributed by atoms with Crippen LogP contribution in [0.1, 0.15) is 94.2 Å². The second-order valence-electron chi connectivity index (χ2n) is 11.5. The summed E-state index contributed by atoms with van der Waals surface area (Å²) in [5.74, 6) is 1.16. The van der Waals surface area contributed by atoms with Crippen LogP contribution in [0.2, 0.25) is 17.6 Å². The molecule has 0 saturated carbocycles. The van der Waals surface area contributed by atoms with Crippen molar-refractivity contribution >= 4 is 13.3 Å². The highest BCUT2D eigenvalue weighted by Crippen LogP contribution is 2.50. The maximum absolute atomic E-state index is 6.27. The molecular weight excluding hydrogens is 380 g/mol. The Balaban J connectivity index is 3.00. The van der Waals surface area contributed by atoms with Crippen LogP contribution in [0, 0.1) is 0 Å². The Morgan fingerprint density at radius 2 is 1.27 bits per heavy atom. The van der Waals surface area contributed by atoms with Gasteiger partial charge in [0.2, 0.25) is 0 Å². The summed E-state index contributed by atoms with van der Waals surface area (Å²) in [6, 6.07) is 7.42. The molecule has 2 rings (SSSR count). The molecule has 0 heterocycles. The zero-order valence-corrected chi connectivity index (χ0v) is 23.1. The lowest BCUT2D eigenvalue weighted by molar-refractivity contribution is 0.399. The van der Waals surface area contributed by atoms with Gasteiger partial charge in [0.1, 0.15) is 13.8 Å². The molecule has 0 N–H and O–H groups in total. The molecule has 0 unspecified atom stereocenters. The van der Waals surface area contributed by atoms with E-state index in [1.807, 2.05) is 7.11 Å². The molecule has 0 radical (unpaired) electrons. The minimum atomic E-state index is -1.92. The van der Waals surface area contributed by atoms with Crippen molar-refractivity contribution in [3.05, 3.63) is 45.6 Å². The van der Waals surface area contributed by atoms with Crippen LogP contribution in [0.25, 0.3) is 0 Å². The average molecular weight is 427 g/mol. The molecule has 1 aromatic carbocycles. The number of benzene rings is 1. The third-order valence-electron chi connectivity index (χ3n) is 7.93. The Hall–Kier alpha value is -1.28. The van der Waals surface area contributed by atoms with E-state index in [0.29, 0.717) is 5.54 Å². The fourth-order valence-electron chi connectivity index (χ4n) is 5.58. The van der Waals surface area contributed by atoms with E-state index < -0.39 is 8.07 Å². The number of hydrogen-bond acceptors (Lipinski definition) is 1. The van der Waals surface area contributed by atoms with Crippen LogP contribution in [0.4, 0.5) is 0 Å². The molecule has 30 heavy (non-hydrogen) atoms.